The van der Waals surface area contributed by atoms with Crippen LogP contribution in [-0.2, 0) is 23.8 Å². The maximum absolute atomic E-state index is 12.8. The van der Waals surface area contributed by atoms with Gasteiger partial charge in [0.05, 0.1) is 30.9 Å². The van der Waals surface area contributed by atoms with Crippen molar-refractivity contribution in [2.75, 3.05) is 13.2 Å². The molecule has 1 aromatic heterocycles. The molecular formula is C23H23F3N2O4. The zero-order chi connectivity index (χ0) is 23.1. The van der Waals surface area contributed by atoms with E-state index in [0.717, 1.165) is 17.7 Å². The van der Waals surface area contributed by atoms with Crippen molar-refractivity contribution in [3.05, 3.63) is 71.4 Å². The Hall–Kier alpha value is -3.49. The predicted molar refractivity (Wildman–Crippen MR) is 111 cm³/mol. The Balaban J connectivity index is 1.63. The highest BCUT2D eigenvalue weighted by Crippen LogP contribution is 2.30. The Labute approximate surface area is 183 Å². The van der Waals surface area contributed by atoms with Crippen molar-refractivity contribution in [3.8, 4) is 17.3 Å². The van der Waals surface area contributed by atoms with Gasteiger partial charge >= 0.3 is 12.1 Å². The minimum Gasteiger partial charge on any atom is -0.494 e. The SMILES string of the molecule is CCOc1nn(-c2ccc(C(F)(F)F)cc2)cc1CCCOc1cccc(CC(=O)O)c1. The lowest BCUT2D eigenvalue weighted by Gasteiger charge is -2.07. The number of carbonyl (C=O) groups is 1. The van der Waals surface area contributed by atoms with E-state index >= 15 is 0 Å². The molecule has 0 radical (unpaired) electrons. The first-order valence-corrected chi connectivity index (χ1v) is 10.1. The van der Waals surface area contributed by atoms with E-state index in [1.807, 2.05) is 6.92 Å². The van der Waals surface area contributed by atoms with Crippen molar-refractivity contribution in [1.82, 2.24) is 9.78 Å². The van der Waals surface area contributed by atoms with E-state index < -0.39 is 17.7 Å². The molecule has 32 heavy (non-hydrogen) atoms. The molecule has 0 saturated carbocycles. The highest BCUT2D eigenvalue weighted by atomic mass is 19.4. The van der Waals surface area contributed by atoms with E-state index in [1.165, 1.54) is 16.8 Å². The zero-order valence-corrected chi connectivity index (χ0v) is 17.4. The topological polar surface area (TPSA) is 73.6 Å². The zero-order valence-electron chi connectivity index (χ0n) is 17.4. The third-order valence-corrected chi connectivity index (χ3v) is 4.60. The number of hydrogen-bond acceptors (Lipinski definition) is 4. The first-order valence-electron chi connectivity index (χ1n) is 10.1. The summed E-state index contributed by atoms with van der Waals surface area (Å²) < 4.78 is 51.1. The smallest absolute Gasteiger partial charge is 0.416 e. The molecule has 0 amide bonds. The monoisotopic (exact) mass is 448 g/mol. The average molecular weight is 448 g/mol. The molecule has 0 spiro atoms. The number of alkyl halides is 3. The summed E-state index contributed by atoms with van der Waals surface area (Å²) in [6.07, 6.45) is -1.50. The van der Waals surface area contributed by atoms with Crippen LogP contribution in [0.5, 0.6) is 11.6 Å². The maximum atomic E-state index is 12.8. The molecule has 0 saturated heterocycles. The Kier molecular flexibility index (Phi) is 7.40. The van der Waals surface area contributed by atoms with E-state index in [-0.39, 0.29) is 6.42 Å². The number of carboxylic acid groups (broad SMARTS) is 1. The molecule has 2 aromatic carbocycles. The van der Waals surface area contributed by atoms with Gasteiger partial charge in [-0.15, -0.1) is 5.10 Å². The fourth-order valence-corrected chi connectivity index (χ4v) is 3.13. The van der Waals surface area contributed by atoms with Gasteiger partial charge in [-0.2, -0.15) is 13.2 Å². The van der Waals surface area contributed by atoms with Gasteiger partial charge in [0.1, 0.15) is 5.75 Å². The molecule has 9 heteroatoms. The largest absolute Gasteiger partial charge is 0.494 e. The van der Waals surface area contributed by atoms with Gasteiger partial charge in [-0.3, -0.25) is 4.79 Å². The number of halogens is 3. The van der Waals surface area contributed by atoms with Crippen LogP contribution in [0, 0.1) is 0 Å². The number of hydrogen-bond donors (Lipinski definition) is 1. The van der Waals surface area contributed by atoms with Crippen LogP contribution in [0.2, 0.25) is 0 Å². The summed E-state index contributed by atoms with van der Waals surface area (Å²) >= 11 is 0. The summed E-state index contributed by atoms with van der Waals surface area (Å²) in [4.78, 5) is 10.8. The molecular weight excluding hydrogens is 425 g/mol. The Morgan fingerprint density at radius 3 is 2.53 bits per heavy atom. The average Bonchev–Trinajstić information content (AvgIpc) is 3.13. The highest BCUT2D eigenvalue weighted by Gasteiger charge is 2.30. The fraction of sp³-hybridized carbons (Fsp3) is 0.304. The number of rotatable bonds is 10. The van der Waals surface area contributed by atoms with Crippen molar-refractivity contribution in [2.45, 2.75) is 32.4 Å². The van der Waals surface area contributed by atoms with Crippen LogP contribution in [0.3, 0.4) is 0 Å². The van der Waals surface area contributed by atoms with Gasteiger partial charge < -0.3 is 14.6 Å². The van der Waals surface area contributed by atoms with Gasteiger partial charge in [0.15, 0.2) is 0 Å². The molecule has 0 unspecified atom stereocenters. The molecule has 3 aromatic rings. The Bertz CT molecular complexity index is 1050. The van der Waals surface area contributed by atoms with Crippen LogP contribution in [0.4, 0.5) is 13.2 Å². The lowest BCUT2D eigenvalue weighted by Crippen LogP contribution is -2.05. The first-order chi connectivity index (χ1) is 15.3. The number of benzene rings is 2. The van der Waals surface area contributed by atoms with Gasteiger partial charge in [-0.25, -0.2) is 4.68 Å². The second-order valence-corrected chi connectivity index (χ2v) is 7.05. The second-order valence-electron chi connectivity index (χ2n) is 7.05. The van der Waals surface area contributed by atoms with Crippen LogP contribution in [0.15, 0.2) is 54.7 Å². The van der Waals surface area contributed by atoms with Crippen LogP contribution >= 0.6 is 0 Å². The molecule has 1 heterocycles. The number of nitrogens with zero attached hydrogens (tertiary/aromatic N) is 2. The fourth-order valence-electron chi connectivity index (χ4n) is 3.13. The number of aliphatic carboxylic acids is 1. The first kappa shape index (κ1) is 23.2. The summed E-state index contributed by atoms with van der Waals surface area (Å²) in [6.45, 7) is 2.63. The number of ether oxygens (including phenoxy) is 2. The van der Waals surface area contributed by atoms with Gasteiger partial charge in [0, 0.05) is 11.8 Å². The molecule has 3 rings (SSSR count). The van der Waals surface area contributed by atoms with Crippen LogP contribution < -0.4 is 9.47 Å². The minimum absolute atomic E-state index is 0.0714. The summed E-state index contributed by atoms with van der Waals surface area (Å²) in [5, 5.41) is 13.2. The maximum Gasteiger partial charge on any atom is 0.416 e. The number of aryl methyl sites for hydroxylation is 1. The molecule has 170 valence electrons. The molecule has 0 bridgehead atoms. The Morgan fingerprint density at radius 1 is 1.12 bits per heavy atom. The Morgan fingerprint density at radius 2 is 1.88 bits per heavy atom. The van der Waals surface area contributed by atoms with Crippen LogP contribution in [0.1, 0.15) is 30.0 Å². The lowest BCUT2D eigenvalue weighted by molar-refractivity contribution is -0.138. The number of aromatic nitrogens is 2. The van der Waals surface area contributed by atoms with Gasteiger partial charge in [0.2, 0.25) is 5.88 Å². The highest BCUT2D eigenvalue weighted by molar-refractivity contribution is 5.70. The molecule has 1 N–H and O–H groups in total. The molecule has 0 aliphatic carbocycles. The van der Waals surface area contributed by atoms with Crippen molar-refractivity contribution < 1.29 is 32.5 Å². The van der Waals surface area contributed by atoms with Crippen molar-refractivity contribution in [3.63, 3.8) is 0 Å². The molecule has 0 fully saturated rings. The molecule has 0 aliphatic heterocycles. The summed E-state index contributed by atoms with van der Waals surface area (Å²) in [5.74, 6) is 0.112. The van der Waals surface area contributed by atoms with E-state index in [0.29, 0.717) is 48.9 Å². The van der Waals surface area contributed by atoms with Crippen molar-refractivity contribution in [2.24, 2.45) is 0 Å². The van der Waals surface area contributed by atoms with Crippen LogP contribution in [-0.4, -0.2) is 34.1 Å². The van der Waals surface area contributed by atoms with Crippen molar-refractivity contribution >= 4 is 5.97 Å². The minimum atomic E-state index is -4.39. The summed E-state index contributed by atoms with van der Waals surface area (Å²) in [5.41, 5.74) is 1.25. The van der Waals surface area contributed by atoms with Gasteiger partial charge in [-0.05, 0) is 61.7 Å². The standard InChI is InChI=1S/C23H23F3N2O4/c1-2-31-22-17(6-4-12-32-20-7-3-5-16(13-20)14-21(29)30)15-28(27-22)19-10-8-18(9-11-19)23(24,25)26/h3,5,7-11,13,15H,2,4,6,12,14H2,1H3,(H,29,30). The summed E-state index contributed by atoms with van der Waals surface area (Å²) in [6, 6.07) is 11.7. The molecule has 0 aliphatic rings. The van der Waals surface area contributed by atoms with E-state index in [1.54, 1.807) is 30.5 Å². The van der Waals surface area contributed by atoms with Gasteiger partial charge in [0.25, 0.3) is 0 Å². The predicted octanol–water partition coefficient (Wildman–Crippen LogP) is 4.93. The third kappa shape index (κ3) is 6.26. The quantitative estimate of drug-likeness (QED) is 0.446. The molecule has 6 nitrogen and oxygen atoms in total. The van der Waals surface area contributed by atoms with Gasteiger partial charge in [-0.1, -0.05) is 12.1 Å². The normalized spacial score (nSPS) is 11.4. The van der Waals surface area contributed by atoms with Crippen molar-refractivity contribution in [1.29, 1.82) is 0 Å². The van der Waals surface area contributed by atoms with E-state index in [9.17, 15) is 18.0 Å². The number of carboxylic acids is 1. The molecule has 0 atom stereocenters. The van der Waals surface area contributed by atoms with E-state index in [4.69, 9.17) is 14.6 Å². The van der Waals surface area contributed by atoms with E-state index in [2.05, 4.69) is 5.10 Å². The summed E-state index contributed by atoms with van der Waals surface area (Å²) in [7, 11) is 0. The van der Waals surface area contributed by atoms with Crippen LogP contribution in [0.25, 0.3) is 5.69 Å². The second kappa shape index (κ2) is 10.2. The third-order valence-electron chi connectivity index (χ3n) is 4.60. The lowest BCUT2D eigenvalue weighted by atomic mass is 10.1.